The highest BCUT2D eigenvalue weighted by Gasteiger charge is 2.12. The Kier molecular flexibility index (Phi) is 2.81. The van der Waals surface area contributed by atoms with Crippen LogP contribution in [0.4, 0.5) is 0 Å². The molecule has 5 heteroatoms. The van der Waals surface area contributed by atoms with E-state index in [0.717, 1.165) is 22.2 Å². The monoisotopic (exact) mass is 262 g/mol. The van der Waals surface area contributed by atoms with Crippen LogP contribution < -0.4 is 0 Å². The number of hydrogen-bond donors (Lipinski definition) is 0. The van der Waals surface area contributed by atoms with Crippen LogP contribution in [0.3, 0.4) is 0 Å². The molecule has 0 spiro atoms. The number of fused-ring (bicyclic) bond motifs is 1. The Morgan fingerprint density at radius 1 is 1.39 bits per heavy atom. The number of aromatic nitrogens is 2. The number of rotatable bonds is 3. The van der Waals surface area contributed by atoms with Crippen LogP contribution in [0.1, 0.15) is 0 Å². The molecule has 0 radical (unpaired) electrons. The number of methoxy groups -OCH3 is 1. The maximum atomic E-state index is 6.12. The maximum Gasteiger partial charge on any atom is 0.143 e. The van der Waals surface area contributed by atoms with E-state index >= 15 is 0 Å². The fourth-order valence-corrected chi connectivity index (χ4v) is 2.25. The van der Waals surface area contributed by atoms with Gasteiger partial charge in [-0.3, -0.25) is 0 Å². The fourth-order valence-electron chi connectivity index (χ4n) is 2.02. The molecule has 0 N–H and O–H groups in total. The lowest BCUT2D eigenvalue weighted by Gasteiger charge is -2.07. The average molecular weight is 263 g/mol. The first-order chi connectivity index (χ1) is 8.79. The largest absolute Gasteiger partial charge is 0.464 e. The second-order valence-corrected chi connectivity index (χ2v) is 4.36. The summed E-state index contributed by atoms with van der Waals surface area (Å²) in [6, 6.07) is 7.55. The van der Waals surface area contributed by atoms with Crippen LogP contribution in [0.25, 0.3) is 22.2 Å². The quantitative estimate of drug-likeness (QED) is 0.725. The summed E-state index contributed by atoms with van der Waals surface area (Å²) in [5.41, 5.74) is 2.63. The Morgan fingerprint density at radius 3 is 3.11 bits per heavy atom. The Balaban J connectivity index is 2.24. The lowest BCUT2D eigenvalue weighted by Crippen LogP contribution is -2.03. The van der Waals surface area contributed by atoms with Crippen molar-refractivity contribution in [1.29, 1.82) is 0 Å². The average Bonchev–Trinajstić information content (AvgIpc) is 2.96. The van der Waals surface area contributed by atoms with Crippen LogP contribution in [-0.4, -0.2) is 16.9 Å². The summed E-state index contributed by atoms with van der Waals surface area (Å²) in [5.74, 6) is 0. The minimum atomic E-state index is 0.386. The van der Waals surface area contributed by atoms with Crippen molar-refractivity contribution in [2.24, 2.45) is 0 Å². The third-order valence-corrected chi connectivity index (χ3v) is 2.98. The van der Waals surface area contributed by atoms with E-state index in [1.807, 2.05) is 24.3 Å². The van der Waals surface area contributed by atoms with Crippen molar-refractivity contribution >= 4 is 22.6 Å². The van der Waals surface area contributed by atoms with Gasteiger partial charge in [0.25, 0.3) is 0 Å². The molecule has 4 nitrogen and oxygen atoms in total. The zero-order valence-electron chi connectivity index (χ0n) is 9.76. The number of furan rings is 1. The lowest BCUT2D eigenvalue weighted by molar-refractivity contribution is 0.122. The van der Waals surface area contributed by atoms with Gasteiger partial charge >= 0.3 is 0 Å². The molecule has 0 aliphatic carbocycles. The zero-order valence-corrected chi connectivity index (χ0v) is 10.5. The molecule has 1 aromatic carbocycles. The van der Waals surface area contributed by atoms with Gasteiger partial charge in [-0.2, -0.15) is 5.10 Å². The predicted octanol–water partition coefficient (Wildman–Crippen LogP) is 3.55. The van der Waals surface area contributed by atoms with E-state index in [1.54, 1.807) is 24.3 Å². The highest BCUT2D eigenvalue weighted by molar-refractivity contribution is 6.31. The minimum Gasteiger partial charge on any atom is -0.464 e. The van der Waals surface area contributed by atoms with Crippen LogP contribution in [0.15, 0.2) is 41.1 Å². The van der Waals surface area contributed by atoms with Crippen LogP contribution in [0, 0.1) is 0 Å². The van der Waals surface area contributed by atoms with Crippen molar-refractivity contribution in [3.8, 4) is 11.3 Å². The van der Waals surface area contributed by atoms with E-state index in [4.69, 9.17) is 20.8 Å². The molecule has 3 aromatic rings. The molecular formula is C13H11ClN2O2. The van der Waals surface area contributed by atoms with Crippen molar-refractivity contribution in [3.63, 3.8) is 0 Å². The molecule has 0 saturated heterocycles. The SMILES string of the molecule is COCn1nccc1-c1cc(Cl)cc2ccoc12. The summed E-state index contributed by atoms with van der Waals surface area (Å²) in [5, 5.41) is 5.86. The molecule has 18 heavy (non-hydrogen) atoms. The van der Waals surface area contributed by atoms with E-state index in [9.17, 15) is 0 Å². The molecule has 3 rings (SSSR count). The minimum absolute atomic E-state index is 0.386. The highest BCUT2D eigenvalue weighted by atomic mass is 35.5. The first-order valence-corrected chi connectivity index (χ1v) is 5.85. The van der Waals surface area contributed by atoms with Gasteiger partial charge in [0.1, 0.15) is 12.3 Å². The second-order valence-electron chi connectivity index (χ2n) is 3.93. The van der Waals surface area contributed by atoms with Crippen LogP contribution in [0.2, 0.25) is 5.02 Å². The smallest absolute Gasteiger partial charge is 0.143 e. The highest BCUT2D eigenvalue weighted by Crippen LogP contribution is 2.32. The summed E-state index contributed by atoms with van der Waals surface area (Å²) >= 11 is 6.12. The van der Waals surface area contributed by atoms with E-state index in [0.29, 0.717) is 11.8 Å². The molecule has 0 atom stereocenters. The molecule has 0 unspecified atom stereocenters. The molecule has 2 heterocycles. The van der Waals surface area contributed by atoms with Crippen molar-refractivity contribution in [2.75, 3.05) is 7.11 Å². The summed E-state index contributed by atoms with van der Waals surface area (Å²) in [6.45, 7) is 0.386. The van der Waals surface area contributed by atoms with Crippen molar-refractivity contribution in [1.82, 2.24) is 9.78 Å². The van der Waals surface area contributed by atoms with Crippen molar-refractivity contribution in [3.05, 3.63) is 41.7 Å². The zero-order chi connectivity index (χ0) is 12.5. The van der Waals surface area contributed by atoms with Crippen LogP contribution in [-0.2, 0) is 11.5 Å². The third-order valence-electron chi connectivity index (χ3n) is 2.76. The number of halogens is 1. The van der Waals surface area contributed by atoms with Crippen molar-refractivity contribution < 1.29 is 9.15 Å². The standard InChI is InChI=1S/C13H11ClN2O2/c1-17-8-16-12(2-4-15-16)11-7-10(14)6-9-3-5-18-13(9)11/h2-7H,8H2,1H3. The fraction of sp³-hybridized carbons (Fsp3) is 0.154. The number of benzene rings is 1. The van der Waals surface area contributed by atoms with E-state index < -0.39 is 0 Å². The summed E-state index contributed by atoms with van der Waals surface area (Å²) in [4.78, 5) is 0. The molecule has 0 aliphatic heterocycles. The summed E-state index contributed by atoms with van der Waals surface area (Å²) < 4.78 is 12.4. The van der Waals surface area contributed by atoms with Gasteiger partial charge in [-0.05, 0) is 24.3 Å². The van der Waals surface area contributed by atoms with Crippen LogP contribution >= 0.6 is 11.6 Å². The van der Waals surface area contributed by atoms with Gasteiger partial charge in [0.2, 0.25) is 0 Å². The van der Waals surface area contributed by atoms with E-state index in [1.165, 1.54) is 0 Å². The van der Waals surface area contributed by atoms with Crippen molar-refractivity contribution in [2.45, 2.75) is 6.73 Å². The molecule has 92 valence electrons. The van der Waals surface area contributed by atoms with E-state index in [2.05, 4.69) is 5.10 Å². The topological polar surface area (TPSA) is 40.2 Å². The van der Waals surface area contributed by atoms with Gasteiger partial charge in [-0.25, -0.2) is 4.68 Å². The molecule has 0 fully saturated rings. The van der Waals surface area contributed by atoms with Gasteiger partial charge in [0, 0.05) is 29.3 Å². The first-order valence-electron chi connectivity index (χ1n) is 5.47. The lowest BCUT2D eigenvalue weighted by atomic mass is 10.1. The van der Waals surface area contributed by atoms with Gasteiger partial charge in [0.15, 0.2) is 0 Å². The van der Waals surface area contributed by atoms with Gasteiger partial charge in [0.05, 0.1) is 12.0 Å². The molecule has 0 aliphatic rings. The number of ether oxygens (including phenoxy) is 1. The van der Waals surface area contributed by atoms with Gasteiger partial charge in [-0.1, -0.05) is 11.6 Å². The van der Waals surface area contributed by atoms with Gasteiger partial charge in [-0.15, -0.1) is 0 Å². The maximum absolute atomic E-state index is 6.12. The molecule has 0 bridgehead atoms. The Hall–Kier alpha value is -1.78. The number of hydrogen-bond acceptors (Lipinski definition) is 3. The molecule has 0 saturated carbocycles. The Morgan fingerprint density at radius 2 is 2.28 bits per heavy atom. The molecule has 0 amide bonds. The summed E-state index contributed by atoms with van der Waals surface area (Å²) in [6.07, 6.45) is 3.38. The Bertz CT molecular complexity index is 687. The Labute approximate surface area is 109 Å². The predicted molar refractivity (Wildman–Crippen MR) is 69.5 cm³/mol. The normalized spacial score (nSPS) is 11.2. The van der Waals surface area contributed by atoms with Gasteiger partial charge < -0.3 is 9.15 Å². The molecular weight excluding hydrogens is 252 g/mol. The second kappa shape index (κ2) is 4.48. The molecule has 2 aromatic heterocycles. The van der Waals surface area contributed by atoms with E-state index in [-0.39, 0.29) is 0 Å². The summed E-state index contributed by atoms with van der Waals surface area (Å²) in [7, 11) is 1.63. The third kappa shape index (κ3) is 1.79. The number of nitrogens with zero attached hydrogens (tertiary/aromatic N) is 2. The first kappa shape index (κ1) is 11.3. The van der Waals surface area contributed by atoms with Crippen LogP contribution in [0.5, 0.6) is 0 Å².